The van der Waals surface area contributed by atoms with E-state index in [2.05, 4.69) is 24.0 Å². The van der Waals surface area contributed by atoms with Gasteiger partial charge in [-0.1, -0.05) is 31.2 Å². The van der Waals surface area contributed by atoms with E-state index >= 15 is 0 Å². The minimum absolute atomic E-state index is 0. The van der Waals surface area contributed by atoms with E-state index in [1.54, 1.807) is 5.38 Å². The monoisotopic (exact) mass is 270 g/mol. The summed E-state index contributed by atoms with van der Waals surface area (Å²) in [6.45, 7) is 2.11. The van der Waals surface area contributed by atoms with E-state index < -0.39 is 5.97 Å². The van der Waals surface area contributed by atoms with Crippen LogP contribution in [0.25, 0.3) is 10.6 Å². The third kappa shape index (κ3) is 3.92. The first-order valence-electron chi connectivity index (χ1n) is 5.44. The summed E-state index contributed by atoms with van der Waals surface area (Å²) in [6, 6.07) is 8.21. The van der Waals surface area contributed by atoms with Gasteiger partial charge in [-0.15, -0.1) is 11.3 Å². The minimum atomic E-state index is -0.844. The molecule has 18 heavy (non-hydrogen) atoms. The fraction of sp³-hybridized carbons (Fsp3) is 0.231. The smallest absolute Gasteiger partial charge is 0.309 e. The first kappa shape index (κ1) is 15.4. The molecule has 1 heterocycles. The second-order valence-corrected chi connectivity index (χ2v) is 4.62. The van der Waals surface area contributed by atoms with Crippen LogP contribution in [0.5, 0.6) is 0 Å². The van der Waals surface area contributed by atoms with Crippen LogP contribution in [0.1, 0.15) is 18.2 Å². The average Bonchev–Trinajstić information content (AvgIpc) is 2.77. The Hall–Kier alpha value is -0.680. The average molecular weight is 270 g/mol. The Morgan fingerprint density at radius 2 is 2.00 bits per heavy atom. The Morgan fingerprint density at radius 3 is 2.56 bits per heavy atom. The molecule has 0 aliphatic rings. The van der Waals surface area contributed by atoms with Crippen LogP contribution in [0, 0.1) is 0 Å². The van der Waals surface area contributed by atoms with E-state index in [9.17, 15) is 4.79 Å². The standard InChI is InChI=1S/C13H13NO2S.Na/c1-2-9-3-5-10(6-4-9)13-14-11(8-17-13)7-12(15)16;/h3-6,8H,2,7H2,1H3,(H,15,16);. The van der Waals surface area contributed by atoms with E-state index in [-0.39, 0.29) is 36.0 Å². The second kappa shape index (κ2) is 7.04. The van der Waals surface area contributed by atoms with Crippen molar-refractivity contribution in [1.82, 2.24) is 4.98 Å². The third-order valence-corrected chi connectivity index (χ3v) is 3.43. The molecule has 0 spiro atoms. The number of hydrogen-bond acceptors (Lipinski definition) is 3. The Morgan fingerprint density at radius 1 is 1.33 bits per heavy atom. The van der Waals surface area contributed by atoms with E-state index in [4.69, 9.17) is 5.11 Å². The van der Waals surface area contributed by atoms with Crippen LogP contribution in [-0.4, -0.2) is 45.6 Å². The maximum atomic E-state index is 10.6. The predicted molar refractivity (Wildman–Crippen MR) is 74.0 cm³/mol. The summed E-state index contributed by atoms with van der Waals surface area (Å²) >= 11 is 1.48. The number of hydrogen-bond donors (Lipinski definition) is 1. The van der Waals surface area contributed by atoms with Crippen molar-refractivity contribution in [2.75, 3.05) is 0 Å². The van der Waals surface area contributed by atoms with Crippen molar-refractivity contribution in [3.63, 3.8) is 0 Å². The molecule has 0 atom stereocenters. The molecule has 0 saturated heterocycles. The molecule has 0 fully saturated rings. The molecular weight excluding hydrogens is 257 g/mol. The van der Waals surface area contributed by atoms with Crippen molar-refractivity contribution >= 4 is 46.9 Å². The minimum Gasteiger partial charge on any atom is -0.481 e. The summed E-state index contributed by atoms with van der Waals surface area (Å²) in [5.74, 6) is -0.844. The van der Waals surface area contributed by atoms with Crippen LogP contribution in [0.15, 0.2) is 29.6 Å². The van der Waals surface area contributed by atoms with Gasteiger partial charge in [0.1, 0.15) is 5.01 Å². The number of aryl methyl sites for hydroxylation is 1. The number of carbonyl (C=O) groups is 1. The quantitative estimate of drug-likeness (QED) is 0.869. The van der Waals surface area contributed by atoms with Crippen LogP contribution in [0.3, 0.4) is 0 Å². The summed E-state index contributed by atoms with van der Waals surface area (Å²) in [5, 5.41) is 11.4. The van der Waals surface area contributed by atoms with Crippen molar-refractivity contribution in [1.29, 1.82) is 0 Å². The van der Waals surface area contributed by atoms with Crippen molar-refractivity contribution < 1.29 is 9.90 Å². The summed E-state index contributed by atoms with van der Waals surface area (Å²) in [4.78, 5) is 14.9. The van der Waals surface area contributed by atoms with Gasteiger partial charge in [0.05, 0.1) is 12.1 Å². The third-order valence-electron chi connectivity index (χ3n) is 2.49. The van der Waals surface area contributed by atoms with Crippen molar-refractivity contribution in [2.45, 2.75) is 19.8 Å². The normalized spacial score (nSPS) is 9.83. The first-order chi connectivity index (χ1) is 8.19. The van der Waals surface area contributed by atoms with Gasteiger partial charge < -0.3 is 5.11 Å². The van der Waals surface area contributed by atoms with Gasteiger partial charge in [-0.3, -0.25) is 4.79 Å². The van der Waals surface area contributed by atoms with Gasteiger partial charge in [0, 0.05) is 40.5 Å². The molecule has 2 rings (SSSR count). The molecule has 1 aromatic carbocycles. The number of carboxylic acid groups (broad SMARTS) is 1. The van der Waals surface area contributed by atoms with Gasteiger partial charge in [0.15, 0.2) is 0 Å². The number of thiazole rings is 1. The summed E-state index contributed by atoms with van der Waals surface area (Å²) in [7, 11) is 0. The van der Waals surface area contributed by atoms with Gasteiger partial charge in [0.25, 0.3) is 0 Å². The molecule has 0 amide bonds. The zero-order valence-corrected chi connectivity index (χ0v) is 13.3. The van der Waals surface area contributed by atoms with Gasteiger partial charge in [-0.05, 0) is 12.0 Å². The SMILES string of the molecule is CCc1ccc(-c2nc(CC(=O)O)cs2)cc1.[Na]. The molecule has 1 N–H and O–H groups in total. The largest absolute Gasteiger partial charge is 0.481 e. The first-order valence-corrected chi connectivity index (χ1v) is 6.32. The fourth-order valence-electron chi connectivity index (χ4n) is 1.56. The van der Waals surface area contributed by atoms with E-state index in [1.807, 2.05) is 12.1 Å². The Labute approximate surface area is 132 Å². The van der Waals surface area contributed by atoms with Gasteiger partial charge in [0.2, 0.25) is 0 Å². The topological polar surface area (TPSA) is 50.2 Å². The van der Waals surface area contributed by atoms with Crippen molar-refractivity contribution in [2.24, 2.45) is 0 Å². The predicted octanol–water partition coefficient (Wildman–Crippen LogP) is 2.62. The van der Waals surface area contributed by atoms with Crippen molar-refractivity contribution in [3.8, 4) is 10.6 Å². The molecule has 0 aliphatic heterocycles. The van der Waals surface area contributed by atoms with Crippen LogP contribution in [0.2, 0.25) is 0 Å². The molecule has 0 aliphatic carbocycles. The van der Waals surface area contributed by atoms with E-state index in [0.717, 1.165) is 17.0 Å². The number of benzene rings is 1. The molecular formula is C13H13NNaO2S. The van der Waals surface area contributed by atoms with Crippen LogP contribution >= 0.6 is 11.3 Å². The summed E-state index contributed by atoms with van der Waals surface area (Å²) < 4.78 is 0. The molecule has 0 bridgehead atoms. The van der Waals surface area contributed by atoms with Crippen LogP contribution < -0.4 is 0 Å². The molecule has 3 nitrogen and oxygen atoms in total. The Balaban J connectivity index is 0.00000162. The van der Waals surface area contributed by atoms with Gasteiger partial charge in [-0.2, -0.15) is 0 Å². The van der Waals surface area contributed by atoms with Crippen molar-refractivity contribution in [3.05, 3.63) is 40.9 Å². The Bertz CT molecular complexity index is 522. The van der Waals surface area contributed by atoms with E-state index in [1.165, 1.54) is 16.9 Å². The zero-order valence-electron chi connectivity index (χ0n) is 10.5. The fourth-order valence-corrected chi connectivity index (χ4v) is 2.38. The maximum absolute atomic E-state index is 10.6. The number of carboxylic acids is 1. The molecule has 0 saturated carbocycles. The van der Waals surface area contributed by atoms with Gasteiger partial charge in [-0.25, -0.2) is 4.98 Å². The second-order valence-electron chi connectivity index (χ2n) is 3.76. The summed E-state index contributed by atoms with van der Waals surface area (Å²) in [6.07, 6.45) is 1.01. The molecule has 1 aromatic heterocycles. The number of aromatic nitrogens is 1. The molecule has 1 radical (unpaired) electrons. The maximum Gasteiger partial charge on any atom is 0.309 e. The Kier molecular flexibility index (Phi) is 6.02. The summed E-state index contributed by atoms with van der Waals surface area (Å²) in [5.41, 5.74) is 2.96. The molecule has 89 valence electrons. The van der Waals surface area contributed by atoms with E-state index in [0.29, 0.717) is 5.69 Å². The van der Waals surface area contributed by atoms with Gasteiger partial charge >= 0.3 is 5.97 Å². The zero-order chi connectivity index (χ0) is 12.3. The number of rotatable bonds is 4. The van der Waals surface area contributed by atoms with Crippen LogP contribution in [0.4, 0.5) is 0 Å². The molecule has 0 unspecified atom stereocenters. The van der Waals surface area contributed by atoms with Crippen LogP contribution in [-0.2, 0) is 17.6 Å². The molecule has 5 heteroatoms. The number of nitrogens with zero attached hydrogens (tertiary/aromatic N) is 1. The molecule has 2 aromatic rings. The number of aliphatic carboxylic acids is 1.